The lowest BCUT2D eigenvalue weighted by molar-refractivity contribution is -0.308. The van der Waals surface area contributed by atoms with Crippen molar-refractivity contribution in [2.45, 2.75) is 51.9 Å². The SMILES string of the molecule is CC(C)(C)OC(=O)CC[C@@H](NC(=O)OCc1ccccc1)C(=O)[O-]. The standard InChI is InChI=1S/C17H23NO6/c1-17(2,3)24-14(19)10-9-13(15(20)21)18-16(22)23-11-12-7-5-4-6-8-12/h4-8,13H,9-11H2,1-3H3,(H,18,22)(H,20,21)/p-1/t13-/m1/s1. The Balaban J connectivity index is 2.43. The van der Waals surface area contributed by atoms with Crippen LogP contribution in [0, 0.1) is 0 Å². The van der Waals surface area contributed by atoms with E-state index >= 15 is 0 Å². The number of benzene rings is 1. The van der Waals surface area contributed by atoms with Gasteiger partial charge in [-0.05, 0) is 32.8 Å². The Hall–Kier alpha value is -2.57. The number of hydrogen-bond acceptors (Lipinski definition) is 6. The van der Waals surface area contributed by atoms with Gasteiger partial charge in [0.15, 0.2) is 0 Å². The number of carbonyl (C=O) groups excluding carboxylic acids is 3. The number of esters is 1. The minimum absolute atomic E-state index is 0.0124. The van der Waals surface area contributed by atoms with Crippen LogP contribution >= 0.6 is 0 Å². The summed E-state index contributed by atoms with van der Waals surface area (Å²) in [4.78, 5) is 34.3. The molecule has 1 N–H and O–H groups in total. The first-order valence-corrected chi connectivity index (χ1v) is 7.57. The number of carboxylic acids is 1. The van der Waals surface area contributed by atoms with Crippen molar-refractivity contribution in [3.63, 3.8) is 0 Å². The largest absolute Gasteiger partial charge is 0.548 e. The van der Waals surface area contributed by atoms with Gasteiger partial charge in [0, 0.05) is 6.42 Å². The summed E-state index contributed by atoms with van der Waals surface area (Å²) in [5, 5.41) is 13.2. The van der Waals surface area contributed by atoms with E-state index in [0.29, 0.717) is 0 Å². The van der Waals surface area contributed by atoms with Crippen molar-refractivity contribution in [3.05, 3.63) is 35.9 Å². The summed E-state index contributed by atoms with van der Waals surface area (Å²) < 4.78 is 10.0. The first kappa shape index (κ1) is 19.5. The zero-order valence-electron chi connectivity index (χ0n) is 14.0. The van der Waals surface area contributed by atoms with Crippen LogP contribution in [0.5, 0.6) is 0 Å². The molecule has 0 radical (unpaired) electrons. The molecule has 0 bridgehead atoms. The van der Waals surface area contributed by atoms with E-state index in [-0.39, 0.29) is 19.4 Å². The molecule has 0 unspecified atom stereocenters. The lowest BCUT2D eigenvalue weighted by Crippen LogP contribution is -2.48. The van der Waals surface area contributed by atoms with E-state index in [4.69, 9.17) is 9.47 Å². The van der Waals surface area contributed by atoms with Crippen LogP contribution < -0.4 is 10.4 Å². The van der Waals surface area contributed by atoms with E-state index in [1.54, 1.807) is 45.0 Å². The Kier molecular flexibility index (Phi) is 7.23. The van der Waals surface area contributed by atoms with Crippen LogP contribution in [-0.2, 0) is 25.7 Å². The molecule has 0 saturated heterocycles. The van der Waals surface area contributed by atoms with Crippen molar-refractivity contribution in [1.29, 1.82) is 0 Å². The summed E-state index contributed by atoms with van der Waals surface area (Å²) in [5.41, 5.74) is 0.113. The average molecular weight is 336 g/mol. The Labute approximate surface area is 141 Å². The maximum Gasteiger partial charge on any atom is 0.407 e. The smallest absolute Gasteiger partial charge is 0.407 e. The van der Waals surface area contributed by atoms with E-state index in [1.165, 1.54) is 0 Å². The van der Waals surface area contributed by atoms with Crippen molar-refractivity contribution in [1.82, 2.24) is 5.32 Å². The minimum atomic E-state index is -1.49. The number of amides is 1. The van der Waals surface area contributed by atoms with E-state index in [2.05, 4.69) is 5.32 Å². The monoisotopic (exact) mass is 336 g/mol. The molecule has 1 atom stereocenters. The van der Waals surface area contributed by atoms with Crippen molar-refractivity contribution in [2.75, 3.05) is 0 Å². The fourth-order valence-corrected chi connectivity index (χ4v) is 1.81. The summed E-state index contributed by atoms with van der Waals surface area (Å²) in [5.74, 6) is -2.04. The van der Waals surface area contributed by atoms with Crippen LogP contribution in [0.2, 0.25) is 0 Å². The minimum Gasteiger partial charge on any atom is -0.548 e. The summed E-state index contributed by atoms with van der Waals surface area (Å²) in [6.07, 6.45) is -1.19. The zero-order valence-corrected chi connectivity index (χ0v) is 14.0. The van der Waals surface area contributed by atoms with E-state index < -0.39 is 29.7 Å². The summed E-state index contributed by atoms with van der Waals surface area (Å²) in [6, 6.07) is 7.62. The highest BCUT2D eigenvalue weighted by atomic mass is 16.6. The molecule has 0 aliphatic carbocycles. The third-order valence-electron chi connectivity index (χ3n) is 2.85. The second-order valence-electron chi connectivity index (χ2n) is 6.20. The molecule has 7 nitrogen and oxygen atoms in total. The van der Waals surface area contributed by atoms with Gasteiger partial charge in [-0.15, -0.1) is 0 Å². The van der Waals surface area contributed by atoms with Gasteiger partial charge in [-0.1, -0.05) is 30.3 Å². The van der Waals surface area contributed by atoms with E-state index in [0.717, 1.165) is 5.56 Å². The maximum absolute atomic E-state index is 11.7. The van der Waals surface area contributed by atoms with Gasteiger partial charge >= 0.3 is 12.1 Å². The predicted molar refractivity (Wildman–Crippen MR) is 83.6 cm³/mol. The Morgan fingerprint density at radius 1 is 1.17 bits per heavy atom. The van der Waals surface area contributed by atoms with Gasteiger partial charge in [-0.25, -0.2) is 4.79 Å². The number of hydrogen-bond donors (Lipinski definition) is 1. The molecule has 132 valence electrons. The molecule has 0 saturated carbocycles. The molecule has 0 aromatic heterocycles. The Morgan fingerprint density at radius 3 is 2.33 bits per heavy atom. The number of carboxylic acid groups (broad SMARTS) is 1. The maximum atomic E-state index is 11.7. The first-order chi connectivity index (χ1) is 11.2. The quantitative estimate of drug-likeness (QED) is 0.749. The van der Waals surface area contributed by atoms with Crippen LogP contribution in [-0.4, -0.2) is 29.7 Å². The van der Waals surface area contributed by atoms with Gasteiger partial charge in [0.05, 0.1) is 12.0 Å². The highest BCUT2D eigenvalue weighted by molar-refractivity contribution is 5.79. The molecule has 7 heteroatoms. The number of ether oxygens (including phenoxy) is 2. The predicted octanol–water partition coefficient (Wildman–Crippen LogP) is 1.15. The van der Waals surface area contributed by atoms with Gasteiger partial charge < -0.3 is 24.7 Å². The van der Waals surface area contributed by atoms with Gasteiger partial charge in [-0.2, -0.15) is 0 Å². The van der Waals surface area contributed by atoms with Crippen LogP contribution in [0.25, 0.3) is 0 Å². The lowest BCUT2D eigenvalue weighted by Gasteiger charge is -2.22. The molecule has 1 aromatic carbocycles. The van der Waals surface area contributed by atoms with Gasteiger partial charge in [0.1, 0.15) is 12.2 Å². The molecule has 0 spiro atoms. The number of rotatable bonds is 7. The lowest BCUT2D eigenvalue weighted by atomic mass is 10.1. The Morgan fingerprint density at radius 2 is 1.79 bits per heavy atom. The van der Waals surface area contributed by atoms with Crippen molar-refractivity contribution >= 4 is 18.0 Å². The van der Waals surface area contributed by atoms with Crippen LogP contribution in [0.3, 0.4) is 0 Å². The van der Waals surface area contributed by atoms with Crippen molar-refractivity contribution < 1.29 is 29.0 Å². The first-order valence-electron chi connectivity index (χ1n) is 7.57. The second kappa shape index (κ2) is 8.90. The normalized spacial score (nSPS) is 12.1. The average Bonchev–Trinajstić information content (AvgIpc) is 2.48. The van der Waals surface area contributed by atoms with Crippen LogP contribution in [0.1, 0.15) is 39.2 Å². The second-order valence-corrected chi connectivity index (χ2v) is 6.20. The molecule has 1 amide bonds. The fourth-order valence-electron chi connectivity index (χ4n) is 1.81. The Bertz CT molecular complexity index is 564. The number of alkyl carbamates (subject to hydrolysis) is 1. The highest BCUT2D eigenvalue weighted by Crippen LogP contribution is 2.10. The molecule has 0 aliphatic rings. The highest BCUT2D eigenvalue weighted by Gasteiger charge is 2.20. The summed E-state index contributed by atoms with van der Waals surface area (Å²) in [6.45, 7) is 5.14. The van der Waals surface area contributed by atoms with Crippen LogP contribution in [0.15, 0.2) is 30.3 Å². The van der Waals surface area contributed by atoms with Crippen molar-refractivity contribution in [3.8, 4) is 0 Å². The zero-order chi connectivity index (χ0) is 18.2. The molecule has 24 heavy (non-hydrogen) atoms. The fraction of sp³-hybridized carbons (Fsp3) is 0.471. The molecular weight excluding hydrogens is 314 g/mol. The van der Waals surface area contributed by atoms with Crippen LogP contribution in [0.4, 0.5) is 4.79 Å². The van der Waals surface area contributed by atoms with Crippen molar-refractivity contribution in [2.24, 2.45) is 0 Å². The van der Waals surface area contributed by atoms with E-state index in [1.807, 2.05) is 6.07 Å². The molecular formula is C17H22NO6-. The van der Waals surface area contributed by atoms with E-state index in [9.17, 15) is 19.5 Å². The summed E-state index contributed by atoms with van der Waals surface area (Å²) in [7, 11) is 0. The molecule has 0 aliphatic heterocycles. The number of carbonyl (C=O) groups is 3. The molecule has 1 rings (SSSR count). The van der Waals surface area contributed by atoms with Gasteiger partial charge in [0.2, 0.25) is 0 Å². The van der Waals surface area contributed by atoms with Gasteiger partial charge in [-0.3, -0.25) is 4.79 Å². The number of nitrogens with one attached hydrogen (secondary N) is 1. The topological polar surface area (TPSA) is 105 Å². The third kappa shape index (κ3) is 8.17. The number of aliphatic carboxylic acids is 1. The summed E-state index contributed by atoms with van der Waals surface area (Å²) >= 11 is 0. The third-order valence-corrected chi connectivity index (χ3v) is 2.85. The molecule has 0 fully saturated rings. The molecule has 1 aromatic rings. The molecule has 0 heterocycles. The van der Waals surface area contributed by atoms with Gasteiger partial charge in [0.25, 0.3) is 0 Å².